The molecule has 0 saturated heterocycles. The fourth-order valence-corrected chi connectivity index (χ4v) is 4.55. The zero-order valence-corrected chi connectivity index (χ0v) is 22.6. The summed E-state index contributed by atoms with van der Waals surface area (Å²) in [5, 5.41) is 29.0. The molecular formula is C28F18N4. The van der Waals surface area contributed by atoms with E-state index in [2.05, 4.69) is 4.98 Å². The zero-order valence-electron chi connectivity index (χ0n) is 22.6. The van der Waals surface area contributed by atoms with Crippen LogP contribution in [0.25, 0.3) is 16.7 Å². The second-order valence-electron chi connectivity index (χ2n) is 9.29. The van der Waals surface area contributed by atoms with Gasteiger partial charge in [-0.1, -0.05) is 0 Å². The van der Waals surface area contributed by atoms with Crippen LogP contribution in [-0.2, 0) is 12.4 Å². The molecule has 0 bridgehead atoms. The minimum atomic E-state index is -6.19. The lowest BCUT2D eigenvalue weighted by molar-refractivity contribution is -0.144. The molecule has 3 aromatic rings. The first kappa shape index (κ1) is 36.8. The lowest BCUT2D eigenvalue weighted by atomic mass is 9.98. The van der Waals surface area contributed by atoms with Crippen molar-refractivity contribution in [3.05, 3.63) is 115 Å². The molecule has 1 aliphatic carbocycles. The van der Waals surface area contributed by atoms with Gasteiger partial charge in [-0.15, -0.1) is 0 Å². The third kappa shape index (κ3) is 5.44. The molecule has 50 heavy (non-hydrogen) atoms. The molecule has 1 aromatic heterocycles. The van der Waals surface area contributed by atoms with E-state index in [-0.39, 0.29) is 0 Å². The van der Waals surface area contributed by atoms with Gasteiger partial charge in [-0.05, 0) is 0 Å². The van der Waals surface area contributed by atoms with E-state index < -0.39 is 144 Å². The number of halogens is 18. The molecule has 0 spiro atoms. The van der Waals surface area contributed by atoms with E-state index in [9.17, 15) is 94.8 Å². The topological polar surface area (TPSA) is 84.3 Å². The van der Waals surface area contributed by atoms with Crippen LogP contribution in [-0.4, -0.2) is 4.98 Å². The smallest absolute Gasteiger partial charge is 0.203 e. The molecule has 0 aliphatic heterocycles. The lowest BCUT2D eigenvalue weighted by Gasteiger charge is -2.14. The van der Waals surface area contributed by atoms with Crippen molar-refractivity contribution < 1.29 is 79.0 Å². The number of allylic oxidation sites excluding steroid dienone is 6. The van der Waals surface area contributed by atoms with Crippen LogP contribution >= 0.6 is 0 Å². The average Bonchev–Trinajstić information content (AvgIpc) is 3.73. The molecule has 1 aliphatic rings. The largest absolute Gasteiger partial charge is 0.422 e. The van der Waals surface area contributed by atoms with Crippen molar-refractivity contribution in [2.24, 2.45) is 0 Å². The van der Waals surface area contributed by atoms with Crippen LogP contribution < -0.4 is 0 Å². The third-order valence-electron chi connectivity index (χ3n) is 6.61. The Morgan fingerprint density at radius 3 is 0.800 bits per heavy atom. The van der Waals surface area contributed by atoms with Crippen LogP contribution in [0.1, 0.15) is 27.8 Å². The predicted molar refractivity (Wildman–Crippen MR) is 124 cm³/mol. The second-order valence-corrected chi connectivity index (χ2v) is 9.29. The standard InChI is InChI=1S/C28F18N4/c29-15-10(16(30)22(36)13(21(15)35)27(41,42)43)4(1-47)7-8(9(7)6(3-49)12-19(33)25(39)50-26(40)20(12)34)5(2-48)11-17(31)23(37)14(28(44,45)46)24(38)18(11)32/b7-4-,8-5+,9-6?. The van der Waals surface area contributed by atoms with Crippen LogP contribution in [0.3, 0.4) is 0 Å². The number of hydrogen-bond acceptors (Lipinski definition) is 4. The van der Waals surface area contributed by atoms with Crippen LogP contribution in [0, 0.1) is 104 Å². The van der Waals surface area contributed by atoms with E-state index in [1.165, 1.54) is 0 Å². The van der Waals surface area contributed by atoms with E-state index >= 15 is 0 Å². The van der Waals surface area contributed by atoms with Gasteiger partial charge in [0.15, 0.2) is 58.2 Å². The first-order chi connectivity index (χ1) is 23.0. The Morgan fingerprint density at radius 2 is 0.600 bits per heavy atom. The number of nitrogens with zero attached hydrogens (tertiary/aromatic N) is 4. The highest BCUT2D eigenvalue weighted by Crippen LogP contribution is 2.57. The van der Waals surface area contributed by atoms with Crippen LogP contribution in [0.4, 0.5) is 79.0 Å². The van der Waals surface area contributed by atoms with E-state index in [0.717, 1.165) is 6.07 Å². The number of nitriles is 3. The summed E-state index contributed by atoms with van der Waals surface area (Å²) in [5.74, 6) is -36.0. The van der Waals surface area contributed by atoms with Gasteiger partial charge < -0.3 is 0 Å². The molecule has 1 saturated carbocycles. The van der Waals surface area contributed by atoms with Gasteiger partial charge in [0.05, 0.1) is 33.4 Å². The van der Waals surface area contributed by atoms with Crippen LogP contribution in [0.5, 0.6) is 0 Å². The third-order valence-corrected chi connectivity index (χ3v) is 6.61. The van der Waals surface area contributed by atoms with E-state index in [4.69, 9.17) is 0 Å². The van der Waals surface area contributed by atoms with Gasteiger partial charge in [0.2, 0.25) is 0 Å². The van der Waals surface area contributed by atoms with Gasteiger partial charge in [-0.25, -0.2) is 43.9 Å². The minimum absolute atomic E-state index is 0.694. The molecule has 1 fully saturated rings. The van der Waals surface area contributed by atoms with Crippen LogP contribution in [0.2, 0.25) is 0 Å². The highest BCUT2D eigenvalue weighted by Gasteiger charge is 2.49. The molecule has 258 valence electrons. The quantitative estimate of drug-likeness (QED) is 0.116. The Hall–Kier alpha value is -5.98. The lowest BCUT2D eigenvalue weighted by Crippen LogP contribution is -2.17. The predicted octanol–water partition coefficient (Wildman–Crippen LogP) is 9.03. The Labute approximate surface area is 262 Å². The van der Waals surface area contributed by atoms with Gasteiger partial charge in [0.1, 0.15) is 29.3 Å². The Morgan fingerprint density at radius 1 is 0.380 bits per heavy atom. The van der Waals surface area contributed by atoms with Gasteiger partial charge in [-0.2, -0.15) is 55.9 Å². The summed E-state index contributed by atoms with van der Waals surface area (Å²) in [5.41, 5.74) is -25.2. The number of pyridine rings is 1. The summed E-state index contributed by atoms with van der Waals surface area (Å²) >= 11 is 0. The van der Waals surface area contributed by atoms with Gasteiger partial charge in [0, 0.05) is 16.7 Å². The highest BCUT2D eigenvalue weighted by atomic mass is 19.4. The first-order valence-corrected chi connectivity index (χ1v) is 12.0. The summed E-state index contributed by atoms with van der Waals surface area (Å²) in [6, 6.07) is 2.17. The molecule has 0 atom stereocenters. The summed E-state index contributed by atoms with van der Waals surface area (Å²) in [4.78, 5) is 2.11. The molecule has 0 unspecified atom stereocenters. The number of benzene rings is 2. The molecular weight excluding hydrogens is 734 g/mol. The average molecular weight is 734 g/mol. The Balaban J connectivity index is 2.35. The second kappa shape index (κ2) is 12.2. The fourth-order valence-electron chi connectivity index (χ4n) is 4.55. The molecule has 22 heteroatoms. The summed E-state index contributed by atoms with van der Waals surface area (Å²) in [7, 11) is 0. The van der Waals surface area contributed by atoms with Gasteiger partial charge in [-0.3, -0.25) is 0 Å². The van der Waals surface area contributed by atoms with Crippen molar-refractivity contribution >= 4 is 16.7 Å². The van der Waals surface area contributed by atoms with Crippen molar-refractivity contribution in [1.82, 2.24) is 4.98 Å². The minimum Gasteiger partial charge on any atom is -0.203 e. The normalized spacial score (nSPS) is 16.1. The Bertz CT molecular complexity index is 2090. The number of rotatable bonds is 3. The van der Waals surface area contributed by atoms with Gasteiger partial charge in [0.25, 0.3) is 11.9 Å². The maximum Gasteiger partial charge on any atom is 0.422 e. The number of alkyl halides is 6. The van der Waals surface area contributed by atoms with E-state index in [1.54, 1.807) is 0 Å². The van der Waals surface area contributed by atoms with Crippen LogP contribution in [0.15, 0.2) is 16.7 Å². The van der Waals surface area contributed by atoms with E-state index in [1.807, 2.05) is 0 Å². The first-order valence-electron chi connectivity index (χ1n) is 12.0. The SMILES string of the molecule is N#CC(=C1C(=C(\C#N)c2c(F)c(F)c(C(F)(F)F)c(F)c2F)/C1=C(\C#N)c1c(F)c(F)c(C(F)(F)F)c(F)c1F)c1c(F)c(F)nc(F)c1F. The maximum atomic E-state index is 15.0. The Kier molecular flexibility index (Phi) is 8.97. The molecule has 0 amide bonds. The summed E-state index contributed by atoms with van der Waals surface area (Å²) < 4.78 is 254. The molecule has 2 aromatic carbocycles. The van der Waals surface area contributed by atoms with Gasteiger partial charge >= 0.3 is 12.4 Å². The molecule has 4 rings (SSSR count). The van der Waals surface area contributed by atoms with Crippen molar-refractivity contribution in [3.8, 4) is 18.2 Å². The zero-order chi connectivity index (χ0) is 38.1. The van der Waals surface area contributed by atoms with Crippen molar-refractivity contribution in [2.45, 2.75) is 12.4 Å². The molecule has 1 heterocycles. The van der Waals surface area contributed by atoms with Crippen molar-refractivity contribution in [1.29, 1.82) is 15.8 Å². The van der Waals surface area contributed by atoms with Crippen molar-refractivity contribution in [3.63, 3.8) is 0 Å². The van der Waals surface area contributed by atoms with Crippen molar-refractivity contribution in [2.75, 3.05) is 0 Å². The monoisotopic (exact) mass is 734 g/mol. The highest BCUT2D eigenvalue weighted by molar-refractivity contribution is 6.12. The molecule has 0 radical (unpaired) electrons. The summed E-state index contributed by atoms with van der Waals surface area (Å²) in [6.45, 7) is 0. The fraction of sp³-hybridized carbons (Fsp3) is 0.0714. The molecule has 0 N–H and O–H groups in total. The summed E-state index contributed by atoms with van der Waals surface area (Å²) in [6.07, 6.45) is -12.4. The maximum absolute atomic E-state index is 15.0. The molecule has 4 nitrogen and oxygen atoms in total. The number of aromatic nitrogens is 1. The number of hydrogen-bond donors (Lipinski definition) is 0. The van der Waals surface area contributed by atoms with E-state index in [0.29, 0.717) is 12.1 Å².